The molecule has 1 aliphatic carbocycles. The van der Waals surface area contributed by atoms with Gasteiger partial charge in [0.05, 0.1) is 0 Å². The fraction of sp³-hybridized carbons (Fsp3) is 0.333. The van der Waals surface area contributed by atoms with Gasteiger partial charge in [0, 0.05) is 24.4 Å². The van der Waals surface area contributed by atoms with Crippen molar-refractivity contribution in [1.82, 2.24) is 4.98 Å². The maximum atomic E-state index is 11.2. The van der Waals surface area contributed by atoms with Crippen LogP contribution in [0.2, 0.25) is 0 Å². The van der Waals surface area contributed by atoms with Crippen LogP contribution in [0.4, 0.5) is 0 Å². The zero-order chi connectivity index (χ0) is 7.68. The molecule has 0 saturated heterocycles. The van der Waals surface area contributed by atoms with E-state index in [-0.39, 0.29) is 18.2 Å². The average molecular weight is 184 g/mol. The van der Waals surface area contributed by atoms with Gasteiger partial charge in [-0.2, -0.15) is 0 Å². The van der Waals surface area contributed by atoms with Crippen molar-refractivity contribution in [1.29, 1.82) is 0 Å². The number of aromatic nitrogens is 1. The first-order valence-electron chi connectivity index (χ1n) is 3.84. The molecule has 1 aromatic heterocycles. The average Bonchev–Trinajstić information content (AvgIpc) is 2.06. The highest BCUT2D eigenvalue weighted by Gasteiger charge is 2.15. The van der Waals surface area contributed by atoms with Crippen molar-refractivity contribution < 1.29 is 4.79 Å². The molecule has 0 radical (unpaired) electrons. The number of aryl methyl sites for hydroxylation is 1. The van der Waals surface area contributed by atoms with E-state index < -0.39 is 0 Å². The lowest BCUT2D eigenvalue weighted by Gasteiger charge is -2.12. The van der Waals surface area contributed by atoms with Gasteiger partial charge in [-0.05, 0) is 24.5 Å². The quantitative estimate of drug-likeness (QED) is 0.616. The number of hydrogen-bond acceptors (Lipinski definition) is 2. The third-order valence-electron chi connectivity index (χ3n) is 2.06. The van der Waals surface area contributed by atoms with Crippen molar-refractivity contribution in [2.75, 3.05) is 0 Å². The third-order valence-corrected chi connectivity index (χ3v) is 2.06. The predicted octanol–water partition coefficient (Wildman–Crippen LogP) is 2.02. The van der Waals surface area contributed by atoms with Crippen molar-refractivity contribution in [2.24, 2.45) is 0 Å². The summed E-state index contributed by atoms with van der Waals surface area (Å²) in [6, 6.07) is 1.94. The molecule has 0 bridgehead atoms. The summed E-state index contributed by atoms with van der Waals surface area (Å²) in [5.41, 5.74) is 2.00. The Morgan fingerprint density at radius 3 is 2.92 bits per heavy atom. The Hall–Kier alpha value is -0.890. The largest absolute Gasteiger partial charge is 0.294 e. The van der Waals surface area contributed by atoms with Crippen LogP contribution in [0.15, 0.2) is 18.5 Å². The van der Waals surface area contributed by atoms with E-state index >= 15 is 0 Å². The number of hydrogen-bond donors (Lipinski definition) is 0. The monoisotopic (exact) mass is 183 g/mol. The standard InChI is InChI=1S/C9H9NO.ClH/c11-9-3-1-2-7-4-5-10-6-8(7)9;/h4-6H,1-3H2;1H. The van der Waals surface area contributed by atoms with Crippen LogP contribution in [0.25, 0.3) is 0 Å². The van der Waals surface area contributed by atoms with Crippen LogP contribution in [0.1, 0.15) is 28.8 Å². The molecule has 0 aromatic carbocycles. The van der Waals surface area contributed by atoms with Crippen LogP contribution < -0.4 is 0 Å². The number of Topliss-reactive ketones (excluding diaryl/α,β-unsaturated/α-hetero) is 1. The van der Waals surface area contributed by atoms with Crippen LogP contribution in [0.3, 0.4) is 0 Å². The Balaban J connectivity index is 0.000000720. The Kier molecular flexibility index (Phi) is 2.82. The van der Waals surface area contributed by atoms with Crippen LogP contribution in [0, 0.1) is 0 Å². The van der Waals surface area contributed by atoms with Crippen LogP contribution in [-0.4, -0.2) is 10.8 Å². The first kappa shape index (κ1) is 9.20. The van der Waals surface area contributed by atoms with Crippen molar-refractivity contribution in [3.63, 3.8) is 0 Å². The molecule has 0 amide bonds. The van der Waals surface area contributed by atoms with E-state index in [1.807, 2.05) is 6.07 Å². The Bertz CT molecular complexity index is 298. The minimum absolute atomic E-state index is 0. The van der Waals surface area contributed by atoms with Gasteiger partial charge in [-0.1, -0.05) is 0 Å². The lowest BCUT2D eigenvalue weighted by molar-refractivity contribution is 0.0972. The summed E-state index contributed by atoms with van der Waals surface area (Å²) >= 11 is 0. The molecule has 0 spiro atoms. The van der Waals surface area contributed by atoms with Crippen molar-refractivity contribution in [2.45, 2.75) is 19.3 Å². The SMILES string of the molecule is Cl.O=C1CCCc2ccncc21. The van der Waals surface area contributed by atoms with Gasteiger partial charge in [-0.25, -0.2) is 0 Å². The molecule has 3 heteroatoms. The summed E-state index contributed by atoms with van der Waals surface area (Å²) in [6.45, 7) is 0. The summed E-state index contributed by atoms with van der Waals surface area (Å²) in [4.78, 5) is 15.2. The number of rotatable bonds is 0. The van der Waals surface area contributed by atoms with Gasteiger partial charge >= 0.3 is 0 Å². The van der Waals surface area contributed by atoms with Crippen molar-refractivity contribution in [3.05, 3.63) is 29.6 Å². The predicted molar refractivity (Wildman–Crippen MR) is 48.8 cm³/mol. The Labute approximate surface area is 77.4 Å². The molecule has 1 aromatic rings. The molecule has 2 nitrogen and oxygen atoms in total. The molecular weight excluding hydrogens is 174 g/mol. The molecule has 0 fully saturated rings. The molecule has 0 atom stereocenters. The molecule has 0 saturated carbocycles. The molecule has 0 aliphatic heterocycles. The third kappa shape index (κ3) is 1.48. The summed E-state index contributed by atoms with van der Waals surface area (Å²) in [7, 11) is 0. The first-order chi connectivity index (χ1) is 5.38. The number of halogens is 1. The van der Waals surface area contributed by atoms with E-state index in [4.69, 9.17) is 0 Å². The van der Waals surface area contributed by atoms with Crippen LogP contribution in [-0.2, 0) is 6.42 Å². The fourth-order valence-electron chi connectivity index (χ4n) is 1.47. The van der Waals surface area contributed by atoms with Gasteiger partial charge in [-0.3, -0.25) is 9.78 Å². The van der Waals surface area contributed by atoms with Crippen molar-refractivity contribution in [3.8, 4) is 0 Å². The number of pyridine rings is 1. The first-order valence-corrected chi connectivity index (χ1v) is 3.84. The highest BCUT2D eigenvalue weighted by atomic mass is 35.5. The molecule has 0 N–H and O–H groups in total. The zero-order valence-corrected chi connectivity index (χ0v) is 7.43. The number of carbonyl (C=O) groups is 1. The number of nitrogens with zero attached hydrogens (tertiary/aromatic N) is 1. The zero-order valence-electron chi connectivity index (χ0n) is 6.62. The second-order valence-electron chi connectivity index (χ2n) is 2.81. The fourth-order valence-corrected chi connectivity index (χ4v) is 1.47. The van der Waals surface area contributed by atoms with E-state index in [0.717, 1.165) is 24.0 Å². The molecule has 1 aliphatic rings. The minimum Gasteiger partial charge on any atom is -0.294 e. The van der Waals surface area contributed by atoms with Crippen molar-refractivity contribution >= 4 is 18.2 Å². The second kappa shape index (κ2) is 3.68. The Morgan fingerprint density at radius 2 is 2.17 bits per heavy atom. The number of fused-ring (bicyclic) bond motifs is 1. The second-order valence-corrected chi connectivity index (χ2v) is 2.81. The highest BCUT2D eigenvalue weighted by molar-refractivity contribution is 5.98. The molecule has 64 valence electrons. The van der Waals surface area contributed by atoms with E-state index in [0.29, 0.717) is 6.42 Å². The smallest absolute Gasteiger partial charge is 0.164 e. The Morgan fingerprint density at radius 1 is 1.33 bits per heavy atom. The lowest BCUT2D eigenvalue weighted by Crippen LogP contribution is -2.10. The molecule has 0 unspecified atom stereocenters. The maximum absolute atomic E-state index is 11.2. The van der Waals surface area contributed by atoms with Crippen LogP contribution >= 0.6 is 12.4 Å². The molecule has 12 heavy (non-hydrogen) atoms. The molecule has 2 rings (SSSR count). The van der Waals surface area contributed by atoms with Gasteiger partial charge in [0.1, 0.15) is 0 Å². The van der Waals surface area contributed by atoms with Gasteiger partial charge in [0.15, 0.2) is 5.78 Å². The minimum atomic E-state index is 0. The van der Waals surface area contributed by atoms with Gasteiger partial charge in [0.2, 0.25) is 0 Å². The van der Waals surface area contributed by atoms with E-state index in [1.165, 1.54) is 0 Å². The summed E-state index contributed by atoms with van der Waals surface area (Å²) < 4.78 is 0. The van der Waals surface area contributed by atoms with E-state index in [9.17, 15) is 4.79 Å². The highest BCUT2D eigenvalue weighted by Crippen LogP contribution is 2.18. The van der Waals surface area contributed by atoms with E-state index in [2.05, 4.69) is 4.98 Å². The van der Waals surface area contributed by atoms with Gasteiger partial charge < -0.3 is 0 Å². The summed E-state index contributed by atoms with van der Waals surface area (Å²) in [5, 5.41) is 0. The molecule has 1 heterocycles. The normalized spacial score (nSPS) is 14.8. The van der Waals surface area contributed by atoms with Gasteiger partial charge in [0.25, 0.3) is 0 Å². The summed E-state index contributed by atoms with van der Waals surface area (Å²) in [6.07, 6.45) is 6.15. The maximum Gasteiger partial charge on any atom is 0.164 e. The van der Waals surface area contributed by atoms with Crippen LogP contribution in [0.5, 0.6) is 0 Å². The number of ketones is 1. The topological polar surface area (TPSA) is 30.0 Å². The molecular formula is C9H10ClNO. The number of carbonyl (C=O) groups excluding carboxylic acids is 1. The van der Waals surface area contributed by atoms with Gasteiger partial charge in [-0.15, -0.1) is 12.4 Å². The lowest BCUT2D eigenvalue weighted by atomic mass is 9.93. The summed E-state index contributed by atoms with van der Waals surface area (Å²) in [5.74, 6) is 0.249. The van der Waals surface area contributed by atoms with E-state index in [1.54, 1.807) is 12.4 Å².